The molecule has 0 bridgehead atoms. The molecule has 2 rings (SSSR count). The fraction of sp³-hybridized carbons (Fsp3) is 0.455. The zero-order valence-electron chi connectivity index (χ0n) is 10.3. The number of carbonyl (C=O) groups excluding carboxylic acids is 2. The van der Waals surface area contributed by atoms with Crippen molar-refractivity contribution in [1.29, 1.82) is 0 Å². The van der Waals surface area contributed by atoms with Crippen molar-refractivity contribution in [2.45, 2.75) is 25.5 Å². The molecule has 1 aromatic rings. The van der Waals surface area contributed by atoms with Crippen LogP contribution in [0.5, 0.6) is 0 Å². The molecule has 1 atom stereocenters. The molecule has 8 heteroatoms. The summed E-state index contributed by atoms with van der Waals surface area (Å²) in [5.74, 6) is 0.315. The second kappa shape index (κ2) is 5.64. The Morgan fingerprint density at radius 3 is 2.47 bits per heavy atom. The summed E-state index contributed by atoms with van der Waals surface area (Å²) >= 11 is 13.2. The second-order valence-corrected chi connectivity index (χ2v) is 6.33. The van der Waals surface area contributed by atoms with Crippen LogP contribution in [-0.4, -0.2) is 32.8 Å². The standard InChI is InChI=1S/C11H11Cl2N3O2S/c1-5-14-10(12)9(11(13)15-5)16-4-7(3-8(16)18)19-6(2)17/h7H,3-4H2,1-2H3. The molecule has 5 nitrogen and oxygen atoms in total. The van der Waals surface area contributed by atoms with Gasteiger partial charge in [-0.2, -0.15) is 0 Å². The summed E-state index contributed by atoms with van der Waals surface area (Å²) in [7, 11) is 0. The van der Waals surface area contributed by atoms with Crippen LogP contribution in [0.3, 0.4) is 0 Å². The van der Waals surface area contributed by atoms with Crippen LogP contribution < -0.4 is 4.90 Å². The molecule has 1 fully saturated rings. The number of amides is 1. The van der Waals surface area contributed by atoms with Crippen LogP contribution in [0.15, 0.2) is 0 Å². The highest BCUT2D eigenvalue weighted by Gasteiger charge is 2.34. The highest BCUT2D eigenvalue weighted by atomic mass is 35.5. The lowest BCUT2D eigenvalue weighted by molar-refractivity contribution is -0.117. The Balaban J connectivity index is 2.28. The van der Waals surface area contributed by atoms with Gasteiger partial charge < -0.3 is 4.90 Å². The first kappa shape index (κ1) is 14.6. The summed E-state index contributed by atoms with van der Waals surface area (Å²) < 4.78 is 0. The van der Waals surface area contributed by atoms with E-state index in [1.54, 1.807) is 6.92 Å². The van der Waals surface area contributed by atoms with E-state index in [4.69, 9.17) is 23.2 Å². The van der Waals surface area contributed by atoms with E-state index in [0.717, 1.165) is 11.8 Å². The minimum Gasteiger partial charge on any atom is -0.306 e. The van der Waals surface area contributed by atoms with Gasteiger partial charge in [0.2, 0.25) is 5.91 Å². The van der Waals surface area contributed by atoms with Gasteiger partial charge in [0, 0.05) is 25.1 Å². The summed E-state index contributed by atoms with van der Waals surface area (Å²) in [6.45, 7) is 3.53. The first-order valence-corrected chi connectivity index (χ1v) is 7.19. The average Bonchev–Trinajstić information content (AvgIpc) is 2.57. The molecule has 1 aliphatic heterocycles. The first-order chi connectivity index (χ1) is 8.88. The van der Waals surface area contributed by atoms with E-state index in [1.807, 2.05) is 0 Å². The summed E-state index contributed by atoms with van der Waals surface area (Å²) in [4.78, 5) is 32.5. The van der Waals surface area contributed by atoms with Crippen molar-refractivity contribution in [2.24, 2.45) is 0 Å². The molecule has 0 saturated carbocycles. The number of hydrogen-bond acceptors (Lipinski definition) is 5. The number of carbonyl (C=O) groups is 2. The SMILES string of the molecule is CC(=O)SC1CC(=O)N(c2c(Cl)nc(C)nc2Cl)C1. The number of nitrogens with zero attached hydrogens (tertiary/aromatic N) is 3. The Bertz CT molecular complexity index is 530. The first-order valence-electron chi connectivity index (χ1n) is 5.55. The number of aromatic nitrogens is 2. The molecule has 1 aromatic heterocycles. The van der Waals surface area contributed by atoms with Gasteiger partial charge in [-0.25, -0.2) is 9.97 Å². The maximum atomic E-state index is 12.0. The number of rotatable bonds is 2. The Hall–Kier alpha value is -0.850. The zero-order chi connectivity index (χ0) is 14.2. The lowest BCUT2D eigenvalue weighted by Gasteiger charge is -2.18. The summed E-state index contributed by atoms with van der Waals surface area (Å²) in [5, 5.41) is 0.203. The van der Waals surface area contributed by atoms with Crippen molar-refractivity contribution in [3.05, 3.63) is 16.1 Å². The highest BCUT2D eigenvalue weighted by molar-refractivity contribution is 8.14. The van der Waals surface area contributed by atoms with E-state index < -0.39 is 0 Å². The monoisotopic (exact) mass is 319 g/mol. The van der Waals surface area contributed by atoms with Crippen molar-refractivity contribution in [1.82, 2.24) is 9.97 Å². The molecule has 1 saturated heterocycles. The maximum Gasteiger partial charge on any atom is 0.228 e. The third-order valence-corrected chi connectivity index (χ3v) is 4.11. The summed E-state index contributed by atoms with van der Waals surface area (Å²) in [6.07, 6.45) is 0.283. The van der Waals surface area contributed by atoms with Crippen LogP contribution in [0.2, 0.25) is 10.3 Å². The molecule has 0 spiro atoms. The van der Waals surface area contributed by atoms with Gasteiger partial charge in [-0.05, 0) is 6.92 Å². The quantitative estimate of drug-likeness (QED) is 0.783. The van der Waals surface area contributed by atoms with Gasteiger partial charge in [0.1, 0.15) is 11.5 Å². The molecular formula is C11H11Cl2N3O2S. The molecule has 1 unspecified atom stereocenters. The van der Waals surface area contributed by atoms with Gasteiger partial charge in [0.25, 0.3) is 0 Å². The van der Waals surface area contributed by atoms with Gasteiger partial charge in [0.05, 0.1) is 0 Å². The predicted octanol–water partition coefficient (Wildman–Crippen LogP) is 2.48. The summed E-state index contributed by atoms with van der Waals surface area (Å²) in [6, 6.07) is 0. The van der Waals surface area contributed by atoms with Crippen LogP contribution in [0, 0.1) is 6.92 Å². The molecule has 0 N–H and O–H groups in total. The van der Waals surface area contributed by atoms with Crippen molar-refractivity contribution < 1.29 is 9.59 Å². The van der Waals surface area contributed by atoms with E-state index in [1.165, 1.54) is 11.8 Å². The van der Waals surface area contributed by atoms with E-state index in [-0.39, 0.29) is 33.0 Å². The van der Waals surface area contributed by atoms with E-state index in [0.29, 0.717) is 18.1 Å². The number of thioether (sulfide) groups is 1. The maximum absolute atomic E-state index is 12.0. The molecular weight excluding hydrogens is 309 g/mol. The molecule has 102 valence electrons. The van der Waals surface area contributed by atoms with Crippen LogP contribution >= 0.6 is 35.0 Å². The number of anilines is 1. The van der Waals surface area contributed by atoms with Crippen LogP contribution in [-0.2, 0) is 9.59 Å². The molecule has 19 heavy (non-hydrogen) atoms. The average molecular weight is 320 g/mol. The smallest absolute Gasteiger partial charge is 0.228 e. The van der Waals surface area contributed by atoms with Crippen molar-refractivity contribution in [3.8, 4) is 0 Å². The Kier molecular flexibility index (Phi) is 4.32. The topological polar surface area (TPSA) is 63.2 Å². The van der Waals surface area contributed by atoms with Gasteiger partial charge in [-0.1, -0.05) is 35.0 Å². The normalized spacial score (nSPS) is 19.1. The van der Waals surface area contributed by atoms with Crippen molar-refractivity contribution in [2.75, 3.05) is 11.4 Å². The zero-order valence-corrected chi connectivity index (χ0v) is 12.6. The fourth-order valence-electron chi connectivity index (χ4n) is 1.93. The van der Waals surface area contributed by atoms with E-state index in [9.17, 15) is 9.59 Å². The largest absolute Gasteiger partial charge is 0.306 e. The van der Waals surface area contributed by atoms with Gasteiger partial charge in [-0.3, -0.25) is 9.59 Å². The lowest BCUT2D eigenvalue weighted by atomic mass is 10.4. The number of aryl methyl sites for hydroxylation is 1. The van der Waals surface area contributed by atoms with Crippen LogP contribution in [0.25, 0.3) is 0 Å². The highest BCUT2D eigenvalue weighted by Crippen LogP contribution is 2.36. The minimum atomic E-state index is -0.130. The van der Waals surface area contributed by atoms with Gasteiger partial charge in [-0.15, -0.1) is 0 Å². The van der Waals surface area contributed by atoms with Gasteiger partial charge in [0.15, 0.2) is 15.4 Å². The third-order valence-electron chi connectivity index (χ3n) is 2.60. The van der Waals surface area contributed by atoms with Crippen molar-refractivity contribution >= 4 is 51.7 Å². The summed E-state index contributed by atoms with van der Waals surface area (Å²) in [5.41, 5.74) is 0.325. The Morgan fingerprint density at radius 2 is 1.95 bits per heavy atom. The molecule has 1 amide bonds. The Morgan fingerprint density at radius 1 is 1.37 bits per heavy atom. The fourth-order valence-corrected chi connectivity index (χ4v) is 3.52. The predicted molar refractivity (Wildman–Crippen MR) is 75.8 cm³/mol. The van der Waals surface area contributed by atoms with Crippen LogP contribution in [0.1, 0.15) is 19.2 Å². The van der Waals surface area contributed by atoms with Crippen LogP contribution in [0.4, 0.5) is 5.69 Å². The molecule has 0 radical (unpaired) electrons. The third kappa shape index (κ3) is 3.19. The molecule has 0 aromatic carbocycles. The molecule has 0 aliphatic carbocycles. The number of hydrogen-bond donors (Lipinski definition) is 0. The second-order valence-electron chi connectivity index (χ2n) is 4.14. The minimum absolute atomic E-state index is 0.0167. The number of halogens is 2. The van der Waals surface area contributed by atoms with Crippen molar-refractivity contribution in [3.63, 3.8) is 0 Å². The van der Waals surface area contributed by atoms with E-state index >= 15 is 0 Å². The Labute approximate surface area is 124 Å². The molecule has 1 aliphatic rings. The lowest BCUT2D eigenvalue weighted by Crippen LogP contribution is -2.26. The molecule has 2 heterocycles. The van der Waals surface area contributed by atoms with Gasteiger partial charge >= 0.3 is 0 Å². The van der Waals surface area contributed by atoms with E-state index in [2.05, 4.69) is 9.97 Å².